The Kier molecular flexibility index (Phi) is 8.11. The van der Waals surface area contributed by atoms with Crippen LogP contribution in [0.15, 0.2) is 48.6 Å². The molecule has 0 spiro atoms. The predicted molar refractivity (Wildman–Crippen MR) is 149 cm³/mol. The number of nitrogens with zero attached hydrogens (tertiary/aromatic N) is 1. The van der Waals surface area contributed by atoms with Crippen molar-refractivity contribution < 1.29 is 19.4 Å². The number of carboxylic acids is 1. The minimum atomic E-state index is -0.825. The van der Waals surface area contributed by atoms with Gasteiger partial charge in [-0.3, -0.25) is 0 Å². The highest BCUT2D eigenvalue weighted by Crippen LogP contribution is 2.40. The van der Waals surface area contributed by atoms with Crippen LogP contribution in [0, 0.1) is 5.92 Å². The lowest BCUT2D eigenvalue weighted by Gasteiger charge is -2.36. The van der Waals surface area contributed by atoms with E-state index < -0.39 is 5.97 Å². The molecule has 2 aromatic carbocycles. The van der Waals surface area contributed by atoms with Gasteiger partial charge in [0.05, 0.1) is 5.56 Å². The van der Waals surface area contributed by atoms with Crippen LogP contribution in [0.4, 0.5) is 5.69 Å². The summed E-state index contributed by atoms with van der Waals surface area (Å²) in [6.45, 7) is 1.99. The summed E-state index contributed by atoms with van der Waals surface area (Å²) in [4.78, 5) is 14.7. The van der Waals surface area contributed by atoms with E-state index in [9.17, 15) is 9.90 Å². The van der Waals surface area contributed by atoms with Crippen molar-refractivity contribution in [2.24, 2.45) is 5.92 Å². The van der Waals surface area contributed by atoms with Gasteiger partial charge in [-0.1, -0.05) is 30.4 Å². The fraction of sp³-hybridized carbons (Fsp3) is 0.469. The molecular weight excluding hydrogens is 462 g/mol. The van der Waals surface area contributed by atoms with Crippen molar-refractivity contribution in [3.8, 4) is 0 Å². The largest absolute Gasteiger partial charge is 0.478 e. The van der Waals surface area contributed by atoms with Crippen molar-refractivity contribution in [2.75, 3.05) is 32.2 Å². The van der Waals surface area contributed by atoms with Crippen molar-refractivity contribution in [1.29, 1.82) is 0 Å². The fourth-order valence-electron chi connectivity index (χ4n) is 6.44. The lowest BCUT2D eigenvalue weighted by molar-refractivity contribution is -0.141. The molecule has 2 aliphatic carbocycles. The van der Waals surface area contributed by atoms with Gasteiger partial charge in [-0.25, -0.2) is 4.79 Å². The lowest BCUT2D eigenvalue weighted by atomic mass is 9.82. The number of hydrogen-bond donors (Lipinski definition) is 1. The topological polar surface area (TPSA) is 59.0 Å². The fourth-order valence-corrected chi connectivity index (χ4v) is 6.44. The lowest BCUT2D eigenvalue weighted by Crippen LogP contribution is -2.39. The second-order valence-corrected chi connectivity index (χ2v) is 10.5. The summed E-state index contributed by atoms with van der Waals surface area (Å²) >= 11 is 0. The number of aromatic carboxylic acids is 1. The molecule has 2 aromatic rings. The van der Waals surface area contributed by atoms with Crippen molar-refractivity contribution in [2.45, 2.75) is 64.1 Å². The molecule has 0 bridgehead atoms. The highest BCUT2D eigenvalue weighted by Gasteiger charge is 2.27. The van der Waals surface area contributed by atoms with Crippen LogP contribution in [0.1, 0.15) is 84.0 Å². The molecule has 0 atom stereocenters. The van der Waals surface area contributed by atoms with Crippen LogP contribution in [0.2, 0.25) is 0 Å². The minimum absolute atomic E-state index is 0.123. The Morgan fingerprint density at radius 1 is 0.919 bits per heavy atom. The van der Waals surface area contributed by atoms with Gasteiger partial charge in [0.15, 0.2) is 6.29 Å². The molecule has 1 heterocycles. The number of fused-ring (bicyclic) bond motifs is 1. The second-order valence-electron chi connectivity index (χ2n) is 10.5. The normalized spacial score (nSPS) is 18.7. The monoisotopic (exact) mass is 501 g/mol. The summed E-state index contributed by atoms with van der Waals surface area (Å²) in [7, 11) is 3.44. The molecule has 5 heteroatoms. The number of methoxy groups -OCH3 is 2. The van der Waals surface area contributed by atoms with E-state index in [0.29, 0.717) is 11.5 Å². The average molecular weight is 502 g/mol. The van der Waals surface area contributed by atoms with Crippen LogP contribution in [-0.4, -0.2) is 44.7 Å². The molecule has 5 nitrogen and oxygen atoms in total. The van der Waals surface area contributed by atoms with Gasteiger partial charge in [0, 0.05) is 38.9 Å². The molecule has 37 heavy (non-hydrogen) atoms. The summed E-state index contributed by atoms with van der Waals surface area (Å²) in [5, 5.41) is 10.0. The summed E-state index contributed by atoms with van der Waals surface area (Å²) in [5.41, 5.74) is 8.76. The van der Waals surface area contributed by atoms with Crippen molar-refractivity contribution in [1.82, 2.24) is 0 Å². The molecule has 0 unspecified atom stereocenters. The number of rotatable bonds is 7. The molecule has 0 amide bonds. The maximum Gasteiger partial charge on any atom is 0.336 e. The SMILES string of the molecule is COC(OC)C1CCN(c2ccc(C3=CCCCc4c3ccc(C(=O)O)c4C3=CCCCC3)cc2)CC1. The number of carbonyl (C=O) groups is 1. The van der Waals surface area contributed by atoms with Gasteiger partial charge in [0.2, 0.25) is 0 Å². The third-order valence-corrected chi connectivity index (χ3v) is 8.36. The van der Waals surface area contributed by atoms with E-state index in [2.05, 4.69) is 41.3 Å². The van der Waals surface area contributed by atoms with Crippen LogP contribution in [0.3, 0.4) is 0 Å². The molecule has 1 N–H and O–H groups in total. The van der Waals surface area contributed by atoms with Crippen LogP contribution < -0.4 is 4.90 Å². The maximum absolute atomic E-state index is 12.2. The third kappa shape index (κ3) is 5.39. The zero-order chi connectivity index (χ0) is 25.8. The van der Waals surface area contributed by atoms with Crippen LogP contribution in [0.5, 0.6) is 0 Å². The first kappa shape index (κ1) is 25.7. The van der Waals surface area contributed by atoms with Crippen molar-refractivity contribution in [3.63, 3.8) is 0 Å². The van der Waals surface area contributed by atoms with E-state index in [1.54, 1.807) is 14.2 Å². The average Bonchev–Trinajstić information content (AvgIpc) is 3.17. The summed E-state index contributed by atoms with van der Waals surface area (Å²) in [5.74, 6) is -0.392. The number of piperidine rings is 1. The first-order chi connectivity index (χ1) is 18.1. The van der Waals surface area contributed by atoms with E-state index in [0.717, 1.165) is 70.0 Å². The summed E-state index contributed by atoms with van der Waals surface area (Å²) in [6, 6.07) is 12.8. The number of ether oxygens (including phenoxy) is 2. The predicted octanol–water partition coefficient (Wildman–Crippen LogP) is 6.95. The number of benzene rings is 2. The Balaban J connectivity index is 1.42. The van der Waals surface area contributed by atoms with Gasteiger partial charge in [0.25, 0.3) is 0 Å². The molecule has 1 saturated heterocycles. The van der Waals surface area contributed by atoms with Crippen LogP contribution in [-0.2, 0) is 15.9 Å². The standard InChI is InChI=1S/C32H39NO4/c1-36-32(37-2)24-18-20-33(21-19-24)25-14-12-22(13-15-25)26-10-6-7-11-28-27(26)16-17-29(31(34)35)30(28)23-8-4-3-5-9-23/h8,10,12-17,24,32H,3-7,9,11,18-21H2,1-2H3,(H,34,35). The van der Waals surface area contributed by atoms with Gasteiger partial charge >= 0.3 is 5.97 Å². The molecule has 0 aromatic heterocycles. The Morgan fingerprint density at radius 2 is 1.65 bits per heavy atom. The summed E-state index contributed by atoms with van der Waals surface area (Å²) < 4.78 is 11.0. The Bertz CT molecular complexity index is 1170. The Labute approximate surface area is 220 Å². The number of hydrogen-bond acceptors (Lipinski definition) is 4. The Morgan fingerprint density at radius 3 is 2.30 bits per heavy atom. The van der Waals surface area contributed by atoms with E-state index in [1.807, 2.05) is 12.1 Å². The van der Waals surface area contributed by atoms with Gasteiger partial charge in [-0.05, 0) is 109 Å². The van der Waals surface area contributed by atoms with E-state index in [-0.39, 0.29) is 6.29 Å². The van der Waals surface area contributed by atoms with Gasteiger partial charge < -0.3 is 19.5 Å². The molecule has 1 fully saturated rings. The van der Waals surface area contributed by atoms with Gasteiger partial charge in [-0.15, -0.1) is 0 Å². The molecule has 1 aliphatic heterocycles. The summed E-state index contributed by atoms with van der Waals surface area (Å²) in [6.07, 6.45) is 13.9. The quantitative estimate of drug-likeness (QED) is 0.416. The first-order valence-corrected chi connectivity index (χ1v) is 13.8. The smallest absolute Gasteiger partial charge is 0.336 e. The van der Waals surface area contributed by atoms with E-state index in [1.165, 1.54) is 39.9 Å². The van der Waals surface area contributed by atoms with Crippen molar-refractivity contribution >= 4 is 22.8 Å². The first-order valence-electron chi connectivity index (χ1n) is 13.8. The van der Waals surface area contributed by atoms with E-state index >= 15 is 0 Å². The molecule has 3 aliphatic rings. The molecule has 0 radical (unpaired) electrons. The van der Waals surface area contributed by atoms with Crippen molar-refractivity contribution in [3.05, 3.63) is 76.4 Å². The van der Waals surface area contributed by atoms with Crippen LogP contribution in [0.25, 0.3) is 11.1 Å². The third-order valence-electron chi connectivity index (χ3n) is 8.36. The zero-order valence-corrected chi connectivity index (χ0v) is 22.2. The molecule has 5 rings (SSSR count). The molecular formula is C32H39NO4. The maximum atomic E-state index is 12.2. The van der Waals surface area contributed by atoms with Crippen LogP contribution >= 0.6 is 0 Å². The van der Waals surface area contributed by atoms with Gasteiger partial charge in [-0.2, -0.15) is 0 Å². The highest BCUT2D eigenvalue weighted by atomic mass is 16.7. The zero-order valence-electron chi connectivity index (χ0n) is 22.2. The van der Waals surface area contributed by atoms with E-state index in [4.69, 9.17) is 9.47 Å². The Hall–Kier alpha value is -2.89. The minimum Gasteiger partial charge on any atom is -0.478 e. The number of anilines is 1. The second kappa shape index (κ2) is 11.7. The molecule has 196 valence electrons. The van der Waals surface area contributed by atoms with Gasteiger partial charge in [0.1, 0.15) is 0 Å². The molecule has 0 saturated carbocycles. The highest BCUT2D eigenvalue weighted by molar-refractivity contribution is 5.97. The number of carboxylic acid groups (broad SMARTS) is 1. The number of allylic oxidation sites excluding steroid dienone is 3.